The number of oxime groups is 1. The van der Waals surface area contributed by atoms with Crippen LogP contribution in [0, 0.1) is 0 Å². The van der Waals surface area contributed by atoms with Crippen molar-refractivity contribution in [3.05, 3.63) is 30.5 Å². The fourth-order valence-electron chi connectivity index (χ4n) is 1.31. The Balaban J connectivity index is 2.58. The Hall–Kier alpha value is -0.0500. The predicted octanol–water partition coefficient (Wildman–Crippen LogP) is 6.01. The van der Waals surface area contributed by atoms with Crippen LogP contribution in [0.2, 0.25) is 0 Å². The highest BCUT2D eigenvalue weighted by atomic mass is 79.9. The van der Waals surface area contributed by atoms with Crippen LogP contribution >= 0.6 is 63.7 Å². The first-order valence-electron chi connectivity index (χ1n) is 6.29. The molecule has 0 amide bonds. The largest absolute Gasteiger partial charge is 0.489 e. The van der Waals surface area contributed by atoms with Crippen LogP contribution in [0.15, 0.2) is 35.7 Å². The molecule has 22 heavy (non-hydrogen) atoms. The Labute approximate surface area is 163 Å². The molecule has 1 aromatic rings. The van der Waals surface area contributed by atoms with E-state index in [1.807, 2.05) is 32.1 Å². The number of benzene rings is 1. The highest BCUT2D eigenvalue weighted by Crippen LogP contribution is 2.37. The lowest BCUT2D eigenvalue weighted by atomic mass is 10.3. The van der Waals surface area contributed by atoms with Gasteiger partial charge in [0.1, 0.15) is 24.7 Å². The van der Waals surface area contributed by atoms with E-state index in [1.54, 1.807) is 0 Å². The summed E-state index contributed by atoms with van der Waals surface area (Å²) in [6.07, 6.45) is 1.86. The van der Waals surface area contributed by atoms with Crippen LogP contribution in [0.25, 0.3) is 0 Å². The summed E-state index contributed by atoms with van der Waals surface area (Å²) in [5.74, 6) is 1.43. The van der Waals surface area contributed by atoms with E-state index in [-0.39, 0.29) is 0 Å². The molecule has 0 aliphatic heterocycles. The summed E-state index contributed by atoms with van der Waals surface area (Å²) in [7, 11) is 0. The van der Waals surface area contributed by atoms with Crippen molar-refractivity contribution < 1.29 is 14.3 Å². The van der Waals surface area contributed by atoms with Crippen molar-refractivity contribution in [2.24, 2.45) is 5.16 Å². The van der Waals surface area contributed by atoms with Gasteiger partial charge < -0.3 is 14.3 Å². The molecule has 0 radical (unpaired) electrons. The third-order valence-corrected chi connectivity index (χ3v) is 3.95. The molecule has 122 valence electrons. The number of rotatable bonds is 8. The van der Waals surface area contributed by atoms with Crippen molar-refractivity contribution in [1.29, 1.82) is 0 Å². The molecule has 0 aliphatic rings. The number of hydrogen-bond donors (Lipinski definition) is 0. The average molecular weight is 565 g/mol. The van der Waals surface area contributed by atoms with Gasteiger partial charge in [-0.25, -0.2) is 0 Å². The van der Waals surface area contributed by atoms with Gasteiger partial charge in [-0.1, -0.05) is 5.16 Å². The summed E-state index contributed by atoms with van der Waals surface area (Å²) in [4.78, 5) is 5.09. The minimum atomic E-state index is 0.381. The minimum absolute atomic E-state index is 0.381. The van der Waals surface area contributed by atoms with E-state index in [1.165, 1.54) is 0 Å². The van der Waals surface area contributed by atoms with Crippen LogP contribution in [0.5, 0.6) is 11.5 Å². The van der Waals surface area contributed by atoms with E-state index < -0.39 is 0 Å². The summed E-state index contributed by atoms with van der Waals surface area (Å²) in [6, 6.07) is 3.70. The number of hydrogen-bond acceptors (Lipinski definition) is 4. The van der Waals surface area contributed by atoms with Crippen LogP contribution in [0.4, 0.5) is 0 Å². The fraction of sp³-hybridized carbons (Fsp3) is 0.357. The Morgan fingerprint density at radius 1 is 1.09 bits per heavy atom. The van der Waals surface area contributed by atoms with E-state index in [2.05, 4.69) is 68.9 Å². The van der Waals surface area contributed by atoms with Gasteiger partial charge >= 0.3 is 0 Å². The van der Waals surface area contributed by atoms with Gasteiger partial charge in [0, 0.05) is 0 Å². The monoisotopic (exact) mass is 561 g/mol. The second-order valence-electron chi connectivity index (χ2n) is 4.24. The molecule has 0 heterocycles. The summed E-state index contributed by atoms with van der Waals surface area (Å²) >= 11 is 13.5. The third kappa shape index (κ3) is 7.99. The van der Waals surface area contributed by atoms with Crippen molar-refractivity contribution in [2.75, 3.05) is 19.8 Å². The molecule has 8 heteroatoms. The Morgan fingerprint density at radius 2 is 1.73 bits per heavy atom. The fourth-order valence-corrected chi connectivity index (χ4v) is 2.95. The molecule has 0 spiro atoms. The second-order valence-corrected chi connectivity index (χ2v) is 8.72. The standard InChI is InChI=1S/C14H15Br4NO3/c1-9(2)19-22-6-5-21-14-11(15)7-10(8-12(14)16)20-4-3-13(17)18/h3,7-8H,4-6H2,1-2H3. The maximum Gasteiger partial charge on any atom is 0.151 e. The molecule has 0 bridgehead atoms. The molecular formula is C14H15Br4NO3. The SMILES string of the molecule is CC(C)=NOCCOc1c(Br)cc(OCC=C(Br)Br)cc1Br. The number of halogens is 4. The normalized spacial score (nSPS) is 9.91. The van der Waals surface area contributed by atoms with Gasteiger partial charge in [0.05, 0.1) is 18.0 Å². The minimum Gasteiger partial charge on any atom is -0.489 e. The van der Waals surface area contributed by atoms with E-state index in [4.69, 9.17) is 14.3 Å². The van der Waals surface area contributed by atoms with Crippen molar-refractivity contribution in [3.63, 3.8) is 0 Å². The van der Waals surface area contributed by atoms with E-state index >= 15 is 0 Å². The van der Waals surface area contributed by atoms with Gasteiger partial charge in [-0.3, -0.25) is 0 Å². The smallest absolute Gasteiger partial charge is 0.151 e. The van der Waals surface area contributed by atoms with Gasteiger partial charge in [0.15, 0.2) is 6.61 Å². The van der Waals surface area contributed by atoms with Gasteiger partial charge in [-0.05, 0) is 95.8 Å². The first-order valence-corrected chi connectivity index (χ1v) is 9.46. The quantitative estimate of drug-likeness (QED) is 0.220. The lowest BCUT2D eigenvalue weighted by molar-refractivity contribution is 0.106. The molecule has 0 N–H and O–H groups in total. The molecule has 0 saturated heterocycles. The van der Waals surface area contributed by atoms with Crippen LogP contribution < -0.4 is 9.47 Å². The lowest BCUT2D eigenvalue weighted by Crippen LogP contribution is -2.06. The van der Waals surface area contributed by atoms with Crippen LogP contribution in [0.3, 0.4) is 0 Å². The highest BCUT2D eigenvalue weighted by Gasteiger charge is 2.10. The van der Waals surface area contributed by atoms with Gasteiger partial charge in [0.2, 0.25) is 0 Å². The number of nitrogens with zero attached hydrogens (tertiary/aromatic N) is 1. The van der Waals surface area contributed by atoms with Crippen LogP contribution in [0.1, 0.15) is 13.8 Å². The molecule has 1 aromatic carbocycles. The predicted molar refractivity (Wildman–Crippen MR) is 104 cm³/mol. The molecule has 0 saturated carbocycles. The first-order chi connectivity index (χ1) is 10.4. The first kappa shape index (κ1) is 20.0. The molecule has 0 fully saturated rings. The Bertz CT molecular complexity index is 530. The van der Waals surface area contributed by atoms with Crippen molar-refractivity contribution in [1.82, 2.24) is 0 Å². The molecule has 0 aromatic heterocycles. The molecule has 1 rings (SSSR count). The topological polar surface area (TPSA) is 40.0 Å². The van der Waals surface area contributed by atoms with E-state index in [9.17, 15) is 0 Å². The van der Waals surface area contributed by atoms with E-state index in [0.717, 1.165) is 23.8 Å². The maximum atomic E-state index is 5.68. The van der Waals surface area contributed by atoms with Gasteiger partial charge in [-0.2, -0.15) is 0 Å². The summed E-state index contributed by atoms with van der Waals surface area (Å²) in [5.41, 5.74) is 0.869. The third-order valence-electron chi connectivity index (χ3n) is 2.13. The summed E-state index contributed by atoms with van der Waals surface area (Å²) in [6.45, 7) is 4.97. The van der Waals surface area contributed by atoms with Crippen molar-refractivity contribution in [3.8, 4) is 11.5 Å². The summed E-state index contributed by atoms with van der Waals surface area (Å²) in [5, 5.41) is 3.84. The van der Waals surface area contributed by atoms with Gasteiger partial charge in [-0.15, -0.1) is 0 Å². The van der Waals surface area contributed by atoms with Gasteiger partial charge in [0.25, 0.3) is 0 Å². The lowest BCUT2D eigenvalue weighted by Gasteiger charge is -2.12. The second kappa shape index (κ2) is 10.7. The molecule has 0 atom stereocenters. The van der Waals surface area contributed by atoms with Crippen molar-refractivity contribution in [2.45, 2.75) is 13.8 Å². The Kier molecular flexibility index (Phi) is 9.70. The van der Waals surface area contributed by atoms with E-state index in [0.29, 0.717) is 25.6 Å². The zero-order valence-corrected chi connectivity index (χ0v) is 18.4. The van der Waals surface area contributed by atoms with Crippen LogP contribution in [-0.4, -0.2) is 25.5 Å². The molecular weight excluding hydrogens is 550 g/mol. The summed E-state index contributed by atoms with van der Waals surface area (Å²) < 4.78 is 13.7. The molecule has 0 unspecified atom stereocenters. The zero-order chi connectivity index (χ0) is 16.5. The van der Waals surface area contributed by atoms with Crippen molar-refractivity contribution >= 4 is 69.4 Å². The molecule has 4 nitrogen and oxygen atoms in total. The number of ether oxygens (including phenoxy) is 2. The Morgan fingerprint density at radius 3 is 2.27 bits per heavy atom. The maximum absolute atomic E-state index is 5.68. The zero-order valence-electron chi connectivity index (χ0n) is 12.0. The molecule has 0 aliphatic carbocycles. The highest BCUT2D eigenvalue weighted by molar-refractivity contribution is 9.28. The average Bonchev–Trinajstić information content (AvgIpc) is 2.40. The van der Waals surface area contributed by atoms with Crippen LogP contribution in [-0.2, 0) is 4.84 Å².